The van der Waals surface area contributed by atoms with E-state index in [4.69, 9.17) is 4.42 Å². The minimum Gasteiger partial charge on any atom is -0.472 e. The van der Waals surface area contributed by atoms with Crippen LogP contribution < -0.4 is 10.5 Å². The Morgan fingerprint density at radius 2 is 2.22 bits per heavy atom. The van der Waals surface area contributed by atoms with E-state index in [0.29, 0.717) is 31.9 Å². The van der Waals surface area contributed by atoms with Crippen LogP contribution in [0, 0.1) is 0 Å². The van der Waals surface area contributed by atoms with Crippen LogP contribution in [0.2, 0.25) is 0 Å². The minimum atomic E-state index is -0.153. The number of carbonyl (C=O) groups is 1. The maximum Gasteiger partial charge on any atom is 0.252 e. The normalized spacial score (nSPS) is 16.9. The molecule has 2 aromatic heterocycles. The van der Waals surface area contributed by atoms with Gasteiger partial charge in [0.1, 0.15) is 0 Å². The first-order valence-electron chi connectivity index (χ1n) is 9.19. The molecular formula is C19H27N5O3. The fourth-order valence-electron chi connectivity index (χ4n) is 3.34. The topological polar surface area (TPSA) is 85.7 Å². The van der Waals surface area contributed by atoms with E-state index < -0.39 is 0 Å². The molecule has 0 bridgehead atoms. The van der Waals surface area contributed by atoms with Gasteiger partial charge < -0.3 is 14.2 Å². The number of H-pyrrole nitrogens is 1. The lowest BCUT2D eigenvalue weighted by molar-refractivity contribution is -0.130. The summed E-state index contributed by atoms with van der Waals surface area (Å²) in [5, 5.41) is 0. The van der Waals surface area contributed by atoms with Gasteiger partial charge in [-0.15, -0.1) is 0 Å². The van der Waals surface area contributed by atoms with E-state index in [1.54, 1.807) is 17.4 Å². The lowest BCUT2D eigenvalue weighted by Gasteiger charge is -2.24. The quantitative estimate of drug-likeness (QED) is 0.782. The van der Waals surface area contributed by atoms with E-state index in [9.17, 15) is 9.59 Å². The number of nitrogens with one attached hydrogen (secondary N) is 1. The largest absolute Gasteiger partial charge is 0.472 e. The van der Waals surface area contributed by atoms with Crippen molar-refractivity contribution in [3.05, 3.63) is 46.3 Å². The molecule has 27 heavy (non-hydrogen) atoms. The third-order valence-electron chi connectivity index (χ3n) is 4.96. The van der Waals surface area contributed by atoms with Gasteiger partial charge in [-0.3, -0.25) is 19.5 Å². The molecule has 1 atom stereocenters. The molecule has 1 amide bonds. The molecule has 0 radical (unpaired) electrons. The van der Waals surface area contributed by atoms with Crippen LogP contribution in [0.1, 0.15) is 24.1 Å². The van der Waals surface area contributed by atoms with E-state index in [-0.39, 0.29) is 17.5 Å². The Labute approximate surface area is 158 Å². The zero-order valence-corrected chi connectivity index (χ0v) is 16.1. The van der Waals surface area contributed by atoms with E-state index in [0.717, 1.165) is 24.2 Å². The number of nitrogens with zero attached hydrogens (tertiary/aromatic N) is 4. The van der Waals surface area contributed by atoms with Gasteiger partial charge in [0.25, 0.3) is 5.56 Å². The number of amides is 1. The lowest BCUT2D eigenvalue weighted by Crippen LogP contribution is -2.36. The van der Waals surface area contributed by atoms with Crippen LogP contribution in [0.15, 0.2) is 33.9 Å². The van der Waals surface area contributed by atoms with Crippen molar-refractivity contribution < 1.29 is 9.21 Å². The smallest absolute Gasteiger partial charge is 0.252 e. The first kappa shape index (κ1) is 19.2. The number of aromatic nitrogens is 2. The number of hydrogen-bond donors (Lipinski definition) is 1. The Morgan fingerprint density at radius 1 is 1.41 bits per heavy atom. The number of aryl methyl sites for hydroxylation is 1. The van der Waals surface area contributed by atoms with Gasteiger partial charge in [-0.25, -0.2) is 4.98 Å². The second-order valence-corrected chi connectivity index (χ2v) is 7.28. The van der Waals surface area contributed by atoms with Gasteiger partial charge in [0.2, 0.25) is 11.9 Å². The monoisotopic (exact) mass is 373 g/mol. The van der Waals surface area contributed by atoms with Gasteiger partial charge in [-0.1, -0.05) is 0 Å². The molecule has 0 aliphatic carbocycles. The molecule has 0 spiro atoms. The maximum absolute atomic E-state index is 12.4. The van der Waals surface area contributed by atoms with Gasteiger partial charge in [0.15, 0.2) is 0 Å². The number of likely N-dealkylation sites (tertiary alicyclic amines) is 1. The van der Waals surface area contributed by atoms with E-state index in [1.165, 1.54) is 6.07 Å². The maximum atomic E-state index is 12.4. The highest BCUT2D eigenvalue weighted by atomic mass is 16.3. The average molecular weight is 373 g/mol. The zero-order chi connectivity index (χ0) is 19.4. The summed E-state index contributed by atoms with van der Waals surface area (Å²) in [4.78, 5) is 37.4. The molecule has 8 nitrogen and oxygen atoms in total. The summed E-state index contributed by atoms with van der Waals surface area (Å²) < 4.78 is 5.04. The molecule has 1 aliphatic rings. The van der Waals surface area contributed by atoms with Gasteiger partial charge in [-0.05, 0) is 31.5 Å². The van der Waals surface area contributed by atoms with Crippen molar-refractivity contribution in [2.75, 3.05) is 39.1 Å². The highest BCUT2D eigenvalue weighted by Gasteiger charge is 2.28. The van der Waals surface area contributed by atoms with Gasteiger partial charge in [-0.2, -0.15) is 0 Å². The second kappa shape index (κ2) is 8.39. The molecule has 146 valence electrons. The Bertz CT molecular complexity index is 815. The van der Waals surface area contributed by atoms with Crippen molar-refractivity contribution in [1.29, 1.82) is 0 Å². The molecule has 1 N–H and O–H groups in total. The summed E-state index contributed by atoms with van der Waals surface area (Å²) in [6.07, 6.45) is 5.45. The van der Waals surface area contributed by atoms with E-state index in [2.05, 4.69) is 14.9 Å². The number of anilines is 1. The van der Waals surface area contributed by atoms with Crippen LogP contribution in [0.4, 0.5) is 5.95 Å². The molecule has 0 saturated carbocycles. The van der Waals surface area contributed by atoms with Gasteiger partial charge >= 0.3 is 0 Å². The second-order valence-electron chi connectivity index (χ2n) is 7.28. The third kappa shape index (κ3) is 4.97. The van der Waals surface area contributed by atoms with Crippen LogP contribution in [-0.4, -0.2) is 65.9 Å². The van der Waals surface area contributed by atoms with Crippen molar-refractivity contribution in [1.82, 2.24) is 19.8 Å². The fraction of sp³-hybridized carbons (Fsp3) is 0.526. The van der Waals surface area contributed by atoms with Gasteiger partial charge in [0.05, 0.1) is 18.2 Å². The summed E-state index contributed by atoms with van der Waals surface area (Å²) in [6.45, 7) is 2.06. The van der Waals surface area contributed by atoms with Crippen LogP contribution in [0.5, 0.6) is 0 Å². The first-order valence-corrected chi connectivity index (χ1v) is 9.19. The van der Waals surface area contributed by atoms with Crippen molar-refractivity contribution in [2.45, 2.75) is 31.8 Å². The number of furan rings is 1. The summed E-state index contributed by atoms with van der Waals surface area (Å²) in [5.74, 6) is 0.727. The Kier molecular flexibility index (Phi) is 5.95. The van der Waals surface area contributed by atoms with Crippen LogP contribution in [0.25, 0.3) is 0 Å². The minimum absolute atomic E-state index is 0.153. The van der Waals surface area contributed by atoms with E-state index in [1.807, 2.05) is 32.1 Å². The number of hydrogen-bond acceptors (Lipinski definition) is 6. The molecule has 3 heterocycles. The molecule has 1 aliphatic heterocycles. The molecule has 0 aromatic carbocycles. The molecule has 3 rings (SSSR count). The lowest BCUT2D eigenvalue weighted by atomic mass is 10.2. The Hall–Kier alpha value is -2.61. The predicted molar refractivity (Wildman–Crippen MR) is 103 cm³/mol. The highest BCUT2D eigenvalue weighted by Crippen LogP contribution is 2.18. The number of rotatable bonds is 7. The van der Waals surface area contributed by atoms with Crippen LogP contribution in [-0.2, 0) is 17.8 Å². The van der Waals surface area contributed by atoms with Crippen LogP contribution in [0.3, 0.4) is 0 Å². The summed E-state index contributed by atoms with van der Waals surface area (Å²) in [6, 6.07) is 3.70. The Balaban J connectivity index is 1.53. The standard InChI is InChI=1S/C19H27N5O3/c1-22(2)19-20-15(10-17(25)21-19)11-23(3)16-6-8-24(12-16)18(26)5-4-14-7-9-27-13-14/h7,9-10,13,16H,4-6,8,11-12H2,1-3H3,(H,20,21,25)/t16-/m0/s1. The molecule has 1 saturated heterocycles. The predicted octanol–water partition coefficient (Wildman–Crippen LogP) is 1.09. The SMILES string of the molecule is CN(C)c1nc(CN(C)[C@H]2CCN(C(=O)CCc3ccoc3)C2)cc(=O)[nH]1. The first-order chi connectivity index (χ1) is 12.9. The number of carbonyl (C=O) groups excluding carboxylic acids is 1. The Morgan fingerprint density at radius 3 is 2.93 bits per heavy atom. The summed E-state index contributed by atoms with van der Waals surface area (Å²) in [7, 11) is 5.70. The zero-order valence-electron chi connectivity index (χ0n) is 16.1. The van der Waals surface area contributed by atoms with Crippen molar-refractivity contribution >= 4 is 11.9 Å². The third-order valence-corrected chi connectivity index (χ3v) is 4.96. The summed E-state index contributed by atoms with van der Waals surface area (Å²) in [5.41, 5.74) is 1.63. The average Bonchev–Trinajstić information content (AvgIpc) is 3.31. The fourth-order valence-corrected chi connectivity index (χ4v) is 3.34. The van der Waals surface area contributed by atoms with Crippen molar-refractivity contribution in [3.63, 3.8) is 0 Å². The van der Waals surface area contributed by atoms with Gasteiger partial charge in [0, 0.05) is 52.3 Å². The molecule has 2 aromatic rings. The number of likely N-dealkylation sites (N-methyl/N-ethyl adjacent to an activating group) is 1. The summed E-state index contributed by atoms with van der Waals surface area (Å²) >= 11 is 0. The van der Waals surface area contributed by atoms with Crippen molar-refractivity contribution in [3.8, 4) is 0 Å². The highest BCUT2D eigenvalue weighted by molar-refractivity contribution is 5.76. The number of aromatic amines is 1. The molecular weight excluding hydrogens is 346 g/mol. The molecule has 1 fully saturated rings. The van der Waals surface area contributed by atoms with Crippen molar-refractivity contribution in [2.24, 2.45) is 0 Å². The molecule has 8 heteroatoms. The van der Waals surface area contributed by atoms with Crippen LogP contribution >= 0.6 is 0 Å². The van der Waals surface area contributed by atoms with E-state index >= 15 is 0 Å². The molecule has 0 unspecified atom stereocenters.